The van der Waals surface area contributed by atoms with Crippen molar-refractivity contribution in [1.29, 1.82) is 0 Å². The second kappa shape index (κ2) is 9.91. The number of nitrogens with one attached hydrogen (secondary N) is 1. The monoisotopic (exact) mass is 493 g/mol. The fourth-order valence-corrected chi connectivity index (χ4v) is 6.59. The van der Waals surface area contributed by atoms with Crippen LogP contribution >= 0.6 is 0 Å². The van der Waals surface area contributed by atoms with Crippen molar-refractivity contribution in [3.8, 4) is 5.75 Å². The molecule has 0 bridgehead atoms. The van der Waals surface area contributed by atoms with Crippen LogP contribution in [0.4, 0.5) is 5.69 Å². The zero-order valence-electron chi connectivity index (χ0n) is 19.5. The maximum absolute atomic E-state index is 13.5. The van der Waals surface area contributed by atoms with Gasteiger partial charge in [-0.05, 0) is 51.2 Å². The zero-order valence-corrected chi connectivity index (χ0v) is 20.4. The van der Waals surface area contributed by atoms with E-state index in [1.165, 1.54) is 10.4 Å². The summed E-state index contributed by atoms with van der Waals surface area (Å²) in [6.07, 6.45) is 2.33. The van der Waals surface area contributed by atoms with Gasteiger partial charge in [-0.1, -0.05) is 0 Å². The van der Waals surface area contributed by atoms with E-state index in [1.807, 2.05) is 0 Å². The van der Waals surface area contributed by atoms with Crippen molar-refractivity contribution >= 4 is 33.5 Å². The van der Waals surface area contributed by atoms with E-state index in [0.717, 1.165) is 0 Å². The first-order valence-corrected chi connectivity index (χ1v) is 13.2. The van der Waals surface area contributed by atoms with Crippen molar-refractivity contribution < 1.29 is 32.3 Å². The van der Waals surface area contributed by atoms with Crippen LogP contribution in [0.5, 0.6) is 5.75 Å². The maximum Gasteiger partial charge on any atom is 0.309 e. The summed E-state index contributed by atoms with van der Waals surface area (Å²) < 4.78 is 38.8. The van der Waals surface area contributed by atoms with Gasteiger partial charge in [0, 0.05) is 32.2 Å². The number of rotatable bonds is 5. The summed E-state index contributed by atoms with van der Waals surface area (Å²) in [4.78, 5) is 38.6. The summed E-state index contributed by atoms with van der Waals surface area (Å²) in [5.41, 5.74) is 0.949. The smallest absolute Gasteiger partial charge is 0.309 e. The van der Waals surface area contributed by atoms with E-state index in [-0.39, 0.29) is 41.7 Å². The first-order valence-electron chi connectivity index (χ1n) is 11.7. The largest absolute Gasteiger partial charge is 0.482 e. The lowest BCUT2D eigenvalue weighted by Gasteiger charge is -2.37. The van der Waals surface area contributed by atoms with Gasteiger partial charge in [-0.3, -0.25) is 14.4 Å². The van der Waals surface area contributed by atoms with Crippen molar-refractivity contribution in [2.75, 3.05) is 44.7 Å². The highest BCUT2D eigenvalue weighted by Crippen LogP contribution is 2.35. The number of amides is 2. The van der Waals surface area contributed by atoms with E-state index in [4.69, 9.17) is 9.47 Å². The predicted molar refractivity (Wildman–Crippen MR) is 123 cm³/mol. The molecule has 3 aliphatic heterocycles. The Bertz CT molecular complexity index is 1080. The summed E-state index contributed by atoms with van der Waals surface area (Å²) in [6, 6.07) is 3.05. The molecule has 1 N–H and O–H groups in total. The summed E-state index contributed by atoms with van der Waals surface area (Å²) in [7, 11) is -3.85. The Morgan fingerprint density at radius 1 is 1.15 bits per heavy atom. The molecule has 0 spiro atoms. The molecule has 10 nitrogen and oxygen atoms in total. The number of fused-ring (bicyclic) bond motifs is 1. The maximum atomic E-state index is 13.5. The molecule has 34 heavy (non-hydrogen) atoms. The number of benzene rings is 1. The van der Waals surface area contributed by atoms with Crippen molar-refractivity contribution in [2.24, 2.45) is 11.8 Å². The van der Waals surface area contributed by atoms with Crippen molar-refractivity contribution in [3.63, 3.8) is 0 Å². The third kappa shape index (κ3) is 4.90. The Hall–Kier alpha value is -2.66. The average molecular weight is 494 g/mol. The quantitative estimate of drug-likeness (QED) is 0.617. The van der Waals surface area contributed by atoms with Crippen LogP contribution in [0.2, 0.25) is 0 Å². The van der Waals surface area contributed by atoms with Crippen LogP contribution in [0.25, 0.3) is 0 Å². The van der Waals surface area contributed by atoms with Crippen LogP contribution in [-0.2, 0) is 29.1 Å². The number of likely N-dealkylation sites (tertiary alicyclic amines) is 1. The molecule has 2 fully saturated rings. The number of hydrogen-bond acceptors (Lipinski definition) is 7. The molecule has 2 amide bonds. The molecular formula is C23H31N3O7S. The minimum atomic E-state index is -3.85. The SMILES string of the molecule is CCOC(=O)C1CCN(C(=O)C2CCCN(S(=O)(=O)c3cc4c(cc3C)NC(=O)CO4)C2)CC1. The second-order valence-corrected chi connectivity index (χ2v) is 10.9. The third-order valence-corrected chi connectivity index (χ3v) is 8.69. The zero-order chi connectivity index (χ0) is 24.5. The van der Waals surface area contributed by atoms with Gasteiger partial charge in [0.05, 0.1) is 29.0 Å². The minimum absolute atomic E-state index is 0.0598. The molecule has 4 rings (SSSR count). The number of nitrogens with zero attached hydrogens (tertiary/aromatic N) is 2. The Labute approximate surface area is 199 Å². The standard InChI is InChI=1S/C23H31N3O7S/c1-3-32-23(29)16-6-9-25(10-7-16)22(28)17-5-4-8-26(13-17)34(30,31)20-12-19-18(11-15(20)2)24-21(27)14-33-19/h11-12,16-17H,3-10,13-14H2,1-2H3,(H,24,27). The van der Waals surface area contributed by atoms with Gasteiger partial charge >= 0.3 is 5.97 Å². The Balaban J connectivity index is 1.44. The van der Waals surface area contributed by atoms with Crippen LogP contribution in [0, 0.1) is 18.8 Å². The molecule has 3 aliphatic rings. The highest BCUT2D eigenvalue weighted by Gasteiger charge is 2.38. The molecule has 11 heteroatoms. The van der Waals surface area contributed by atoms with Crippen molar-refractivity contribution in [3.05, 3.63) is 17.7 Å². The summed E-state index contributed by atoms with van der Waals surface area (Å²) in [5.74, 6) is -0.852. The molecule has 0 aliphatic carbocycles. The molecule has 1 aromatic carbocycles. The highest BCUT2D eigenvalue weighted by molar-refractivity contribution is 7.89. The van der Waals surface area contributed by atoms with Gasteiger partial charge in [0.25, 0.3) is 5.91 Å². The van der Waals surface area contributed by atoms with Gasteiger partial charge < -0.3 is 19.7 Å². The van der Waals surface area contributed by atoms with Crippen LogP contribution in [0.15, 0.2) is 17.0 Å². The number of piperidine rings is 2. The minimum Gasteiger partial charge on any atom is -0.482 e. The summed E-state index contributed by atoms with van der Waals surface area (Å²) in [6.45, 7) is 5.02. The lowest BCUT2D eigenvalue weighted by molar-refractivity contribution is -0.152. The van der Waals surface area contributed by atoms with Gasteiger partial charge in [-0.25, -0.2) is 8.42 Å². The molecule has 1 atom stereocenters. The number of sulfonamides is 1. The van der Waals surface area contributed by atoms with Gasteiger partial charge in [0.2, 0.25) is 15.9 Å². The van der Waals surface area contributed by atoms with E-state index in [0.29, 0.717) is 68.9 Å². The summed E-state index contributed by atoms with van der Waals surface area (Å²) >= 11 is 0. The molecule has 2 saturated heterocycles. The van der Waals surface area contributed by atoms with Gasteiger partial charge in [0.1, 0.15) is 5.75 Å². The van der Waals surface area contributed by atoms with Gasteiger partial charge in [0.15, 0.2) is 6.61 Å². The Morgan fingerprint density at radius 3 is 2.59 bits per heavy atom. The van der Waals surface area contributed by atoms with Gasteiger partial charge in [-0.15, -0.1) is 0 Å². The molecule has 0 saturated carbocycles. The predicted octanol–water partition coefficient (Wildman–Crippen LogP) is 1.53. The first kappa shape index (κ1) is 24.5. The number of ether oxygens (including phenoxy) is 2. The lowest BCUT2D eigenvalue weighted by Crippen LogP contribution is -2.49. The number of carbonyl (C=O) groups excluding carboxylic acids is 3. The normalized spacial score (nSPS) is 21.9. The number of aryl methyl sites for hydroxylation is 1. The number of esters is 1. The molecule has 0 aromatic heterocycles. The topological polar surface area (TPSA) is 122 Å². The van der Waals surface area contributed by atoms with E-state index < -0.39 is 15.9 Å². The highest BCUT2D eigenvalue weighted by atomic mass is 32.2. The summed E-state index contributed by atoms with van der Waals surface area (Å²) in [5, 5.41) is 2.68. The van der Waals surface area contributed by atoms with E-state index in [2.05, 4.69) is 5.32 Å². The van der Waals surface area contributed by atoms with E-state index in [9.17, 15) is 22.8 Å². The van der Waals surface area contributed by atoms with E-state index >= 15 is 0 Å². The molecule has 3 heterocycles. The lowest BCUT2D eigenvalue weighted by atomic mass is 9.93. The first-order chi connectivity index (χ1) is 16.2. The Morgan fingerprint density at radius 2 is 1.88 bits per heavy atom. The van der Waals surface area contributed by atoms with Crippen LogP contribution in [0.3, 0.4) is 0 Å². The van der Waals surface area contributed by atoms with Crippen LogP contribution in [-0.4, -0.2) is 74.8 Å². The fraction of sp³-hybridized carbons (Fsp3) is 0.609. The van der Waals surface area contributed by atoms with Crippen LogP contribution in [0.1, 0.15) is 38.2 Å². The second-order valence-electron chi connectivity index (χ2n) is 9.00. The van der Waals surface area contributed by atoms with Crippen molar-refractivity contribution in [2.45, 2.75) is 44.4 Å². The molecule has 1 aromatic rings. The number of anilines is 1. The van der Waals surface area contributed by atoms with Crippen molar-refractivity contribution in [1.82, 2.24) is 9.21 Å². The van der Waals surface area contributed by atoms with Gasteiger partial charge in [-0.2, -0.15) is 4.31 Å². The third-order valence-electron chi connectivity index (χ3n) is 6.69. The molecular weight excluding hydrogens is 462 g/mol. The average Bonchev–Trinajstić information content (AvgIpc) is 2.83. The Kier molecular flexibility index (Phi) is 7.13. The number of hydrogen-bond donors (Lipinski definition) is 1. The van der Waals surface area contributed by atoms with Crippen LogP contribution < -0.4 is 10.1 Å². The van der Waals surface area contributed by atoms with E-state index in [1.54, 1.807) is 24.8 Å². The molecule has 186 valence electrons. The number of carbonyl (C=O) groups is 3. The fourth-order valence-electron chi connectivity index (χ4n) is 4.85. The molecule has 1 unspecified atom stereocenters. The molecule has 0 radical (unpaired) electrons.